The molecule has 0 saturated carbocycles. The van der Waals surface area contributed by atoms with E-state index in [2.05, 4.69) is 44.5 Å². The highest BCUT2D eigenvalue weighted by molar-refractivity contribution is 5.74. The third-order valence-electron chi connectivity index (χ3n) is 7.26. The lowest BCUT2D eigenvalue weighted by Crippen LogP contribution is -2.48. The standard InChI is InChI=1S/C30H38FN7O3/c1-20-15-22(6-7-24(20)30(39)33-9-11-37-13-14-41-23(19-37)18-36(2)3)35-28-29-34-17-26(38(29)12-10-32-28)21-5-8-27(40-4)25(31)16-21/h5-8,10,12,15-17,23,30,33,39H,9,11,13-14,18-19H2,1-4H3,(H,32,35). The van der Waals surface area contributed by atoms with Gasteiger partial charge in [-0.1, -0.05) is 6.07 Å². The van der Waals surface area contributed by atoms with Gasteiger partial charge in [-0.05, 0) is 62.5 Å². The molecule has 1 fully saturated rings. The van der Waals surface area contributed by atoms with Crippen molar-refractivity contribution in [1.82, 2.24) is 29.5 Å². The Kier molecular flexibility index (Phi) is 9.11. The van der Waals surface area contributed by atoms with Gasteiger partial charge in [0.1, 0.15) is 6.23 Å². The van der Waals surface area contributed by atoms with Crippen LogP contribution in [-0.2, 0) is 4.74 Å². The maximum absolute atomic E-state index is 14.3. The topological polar surface area (TPSA) is 99.4 Å². The van der Waals surface area contributed by atoms with Crippen LogP contribution in [0.1, 0.15) is 17.4 Å². The Balaban J connectivity index is 1.22. The number of fused-ring (bicyclic) bond motifs is 1. The first-order chi connectivity index (χ1) is 19.8. The van der Waals surface area contributed by atoms with Crippen LogP contribution in [-0.4, -0.2) is 95.9 Å². The maximum atomic E-state index is 14.3. The third kappa shape index (κ3) is 6.83. The van der Waals surface area contributed by atoms with Gasteiger partial charge in [-0.3, -0.25) is 14.6 Å². The van der Waals surface area contributed by atoms with Crippen molar-refractivity contribution in [2.45, 2.75) is 19.3 Å². The van der Waals surface area contributed by atoms with Gasteiger partial charge >= 0.3 is 0 Å². The number of hydrogen-bond donors (Lipinski definition) is 3. The molecule has 2 unspecified atom stereocenters. The zero-order valence-electron chi connectivity index (χ0n) is 24.0. The van der Waals surface area contributed by atoms with Crippen molar-refractivity contribution in [2.75, 3.05) is 65.9 Å². The Morgan fingerprint density at radius 3 is 2.83 bits per heavy atom. The number of likely N-dealkylation sites (N-methyl/N-ethyl adjacent to an activating group) is 1. The fourth-order valence-electron chi connectivity index (χ4n) is 5.21. The van der Waals surface area contributed by atoms with Gasteiger partial charge in [-0.2, -0.15) is 0 Å². The van der Waals surface area contributed by atoms with E-state index in [0.717, 1.165) is 55.3 Å². The Hall–Kier alpha value is -3.61. The summed E-state index contributed by atoms with van der Waals surface area (Å²) in [5.41, 5.74) is 4.60. The minimum atomic E-state index is -0.774. The normalized spacial score (nSPS) is 16.8. The highest BCUT2D eigenvalue weighted by Crippen LogP contribution is 2.29. The van der Waals surface area contributed by atoms with Crippen LogP contribution in [0, 0.1) is 12.7 Å². The van der Waals surface area contributed by atoms with Gasteiger partial charge in [-0.15, -0.1) is 0 Å². The van der Waals surface area contributed by atoms with Crippen LogP contribution in [0.2, 0.25) is 0 Å². The minimum absolute atomic E-state index is 0.191. The number of aliphatic hydroxyl groups excluding tert-OH is 1. The van der Waals surface area contributed by atoms with Gasteiger partial charge < -0.3 is 24.8 Å². The van der Waals surface area contributed by atoms with Crippen molar-refractivity contribution in [3.8, 4) is 17.0 Å². The quantitative estimate of drug-likeness (QED) is 0.237. The molecule has 1 aliphatic heterocycles. The van der Waals surface area contributed by atoms with E-state index in [-0.39, 0.29) is 11.9 Å². The molecule has 10 nitrogen and oxygen atoms in total. The summed E-state index contributed by atoms with van der Waals surface area (Å²) < 4.78 is 27.1. The monoisotopic (exact) mass is 563 g/mol. The molecule has 3 heterocycles. The molecule has 0 radical (unpaired) electrons. The lowest BCUT2D eigenvalue weighted by atomic mass is 10.1. The van der Waals surface area contributed by atoms with E-state index in [9.17, 15) is 9.50 Å². The summed E-state index contributed by atoms with van der Waals surface area (Å²) in [5.74, 6) is 0.322. The molecule has 5 rings (SSSR count). The number of aliphatic hydroxyl groups is 1. The van der Waals surface area contributed by atoms with E-state index in [1.807, 2.05) is 29.5 Å². The van der Waals surface area contributed by atoms with E-state index < -0.39 is 12.0 Å². The molecule has 4 aromatic rings. The summed E-state index contributed by atoms with van der Waals surface area (Å²) in [6.45, 7) is 6.91. The molecule has 0 spiro atoms. The molecular weight excluding hydrogens is 525 g/mol. The van der Waals surface area contributed by atoms with Crippen molar-refractivity contribution in [3.05, 3.63) is 71.9 Å². The smallest absolute Gasteiger partial charge is 0.180 e. The largest absolute Gasteiger partial charge is 0.494 e. The van der Waals surface area contributed by atoms with Crippen molar-refractivity contribution < 1.29 is 19.0 Å². The number of imidazole rings is 1. The van der Waals surface area contributed by atoms with E-state index in [1.54, 1.807) is 30.7 Å². The molecule has 1 saturated heterocycles. The number of hydrogen-bond acceptors (Lipinski definition) is 9. The summed E-state index contributed by atoms with van der Waals surface area (Å²) in [7, 11) is 5.55. The predicted octanol–water partition coefficient (Wildman–Crippen LogP) is 3.44. The van der Waals surface area contributed by atoms with Crippen molar-refractivity contribution in [3.63, 3.8) is 0 Å². The van der Waals surface area contributed by atoms with Gasteiger partial charge in [0.15, 0.2) is 23.0 Å². The molecule has 41 heavy (non-hydrogen) atoms. The number of aromatic nitrogens is 3. The number of anilines is 2. The van der Waals surface area contributed by atoms with Gasteiger partial charge in [-0.25, -0.2) is 14.4 Å². The number of benzene rings is 2. The van der Waals surface area contributed by atoms with E-state index in [0.29, 0.717) is 23.6 Å². The Morgan fingerprint density at radius 1 is 1.22 bits per heavy atom. The van der Waals surface area contributed by atoms with Gasteiger partial charge in [0.25, 0.3) is 0 Å². The number of methoxy groups -OCH3 is 1. The number of nitrogens with zero attached hydrogens (tertiary/aromatic N) is 5. The number of ether oxygens (including phenoxy) is 2. The lowest BCUT2D eigenvalue weighted by Gasteiger charge is -2.34. The molecule has 2 aromatic heterocycles. The predicted molar refractivity (Wildman–Crippen MR) is 157 cm³/mol. The Bertz CT molecular complexity index is 1480. The summed E-state index contributed by atoms with van der Waals surface area (Å²) in [6, 6.07) is 10.6. The van der Waals surface area contributed by atoms with E-state index in [1.165, 1.54) is 13.2 Å². The number of morpholine rings is 1. The number of rotatable bonds is 11. The van der Waals surface area contributed by atoms with Crippen LogP contribution in [0.3, 0.4) is 0 Å². The van der Waals surface area contributed by atoms with Gasteiger partial charge in [0.2, 0.25) is 0 Å². The molecule has 3 N–H and O–H groups in total. The maximum Gasteiger partial charge on any atom is 0.180 e. The van der Waals surface area contributed by atoms with Gasteiger partial charge in [0, 0.05) is 56.4 Å². The highest BCUT2D eigenvalue weighted by atomic mass is 19.1. The summed E-state index contributed by atoms with van der Waals surface area (Å²) in [5, 5.41) is 17.4. The fraction of sp³-hybridized carbons (Fsp3) is 0.400. The number of nitrogens with one attached hydrogen (secondary N) is 2. The van der Waals surface area contributed by atoms with Crippen LogP contribution < -0.4 is 15.4 Å². The number of aryl methyl sites for hydroxylation is 1. The van der Waals surface area contributed by atoms with Crippen molar-refractivity contribution in [2.24, 2.45) is 0 Å². The summed E-state index contributed by atoms with van der Waals surface area (Å²) in [6.07, 6.45) is 4.60. The Labute approximate surface area is 239 Å². The molecule has 0 bridgehead atoms. The first kappa shape index (κ1) is 28.9. The average Bonchev–Trinajstić information content (AvgIpc) is 3.38. The molecule has 218 valence electrons. The molecule has 1 aliphatic rings. The zero-order chi connectivity index (χ0) is 28.9. The van der Waals surface area contributed by atoms with Crippen LogP contribution >= 0.6 is 0 Å². The summed E-state index contributed by atoms with van der Waals surface area (Å²) in [4.78, 5) is 13.5. The summed E-state index contributed by atoms with van der Waals surface area (Å²) >= 11 is 0. The fourth-order valence-corrected chi connectivity index (χ4v) is 5.21. The second kappa shape index (κ2) is 12.9. The second-order valence-electron chi connectivity index (χ2n) is 10.6. The lowest BCUT2D eigenvalue weighted by molar-refractivity contribution is -0.0383. The van der Waals surface area contributed by atoms with E-state index >= 15 is 0 Å². The Morgan fingerprint density at radius 2 is 2.07 bits per heavy atom. The second-order valence-corrected chi connectivity index (χ2v) is 10.6. The third-order valence-corrected chi connectivity index (χ3v) is 7.26. The highest BCUT2D eigenvalue weighted by Gasteiger charge is 2.21. The minimum Gasteiger partial charge on any atom is -0.494 e. The molecule has 2 aromatic carbocycles. The van der Waals surface area contributed by atoms with Crippen molar-refractivity contribution >= 4 is 17.2 Å². The van der Waals surface area contributed by atoms with Crippen LogP contribution in [0.15, 0.2) is 55.0 Å². The number of halogens is 1. The SMILES string of the molecule is COc1ccc(-c2cnc3c(Nc4ccc(C(O)NCCN5CCOC(CN(C)C)C5)c(C)c4)nccn23)cc1F. The van der Waals surface area contributed by atoms with Crippen LogP contribution in [0.25, 0.3) is 16.9 Å². The van der Waals surface area contributed by atoms with Crippen LogP contribution in [0.5, 0.6) is 5.75 Å². The molecule has 11 heteroatoms. The average molecular weight is 564 g/mol. The van der Waals surface area contributed by atoms with E-state index in [4.69, 9.17) is 9.47 Å². The van der Waals surface area contributed by atoms with Crippen molar-refractivity contribution in [1.29, 1.82) is 0 Å². The molecule has 0 aliphatic carbocycles. The molecular formula is C30H38FN7O3. The first-order valence-electron chi connectivity index (χ1n) is 13.8. The first-order valence-corrected chi connectivity index (χ1v) is 13.8. The zero-order valence-corrected chi connectivity index (χ0v) is 24.0. The van der Waals surface area contributed by atoms with Gasteiger partial charge in [0.05, 0.1) is 31.7 Å². The van der Waals surface area contributed by atoms with Crippen LogP contribution in [0.4, 0.5) is 15.9 Å². The molecule has 0 amide bonds. The molecule has 2 atom stereocenters.